The smallest absolute Gasteiger partial charge is 0.316 e. The first-order valence-electron chi connectivity index (χ1n) is 5.49. The standard InChI is InChI=1S/C11H17N3O2S/c1-4-8-13-10(12)7(3)11(14-8)17-6-9(15)16-5-2/h4-6H2,1-3H3,(H2,12,13,14). The van der Waals surface area contributed by atoms with Crippen LogP contribution in [0.3, 0.4) is 0 Å². The van der Waals surface area contributed by atoms with Crippen LogP contribution >= 0.6 is 11.8 Å². The van der Waals surface area contributed by atoms with Crippen LogP contribution in [0.2, 0.25) is 0 Å². The van der Waals surface area contributed by atoms with Crippen LogP contribution in [0.25, 0.3) is 0 Å². The van der Waals surface area contributed by atoms with Crippen molar-refractivity contribution in [2.75, 3.05) is 18.1 Å². The molecule has 0 aliphatic carbocycles. The van der Waals surface area contributed by atoms with Crippen LogP contribution < -0.4 is 5.73 Å². The van der Waals surface area contributed by atoms with Crippen molar-refractivity contribution in [3.8, 4) is 0 Å². The van der Waals surface area contributed by atoms with E-state index in [0.717, 1.165) is 17.0 Å². The summed E-state index contributed by atoms with van der Waals surface area (Å²) in [4.78, 5) is 19.7. The number of carbonyl (C=O) groups excluding carboxylic acids is 1. The monoisotopic (exact) mass is 255 g/mol. The fraction of sp³-hybridized carbons (Fsp3) is 0.545. The lowest BCUT2D eigenvalue weighted by molar-refractivity contribution is -0.139. The van der Waals surface area contributed by atoms with Crippen LogP contribution in [-0.2, 0) is 16.0 Å². The fourth-order valence-corrected chi connectivity index (χ4v) is 2.02. The number of anilines is 1. The SMILES string of the molecule is CCOC(=O)CSc1nc(CC)nc(N)c1C. The van der Waals surface area contributed by atoms with E-state index in [0.29, 0.717) is 18.2 Å². The molecule has 0 bridgehead atoms. The zero-order chi connectivity index (χ0) is 12.8. The van der Waals surface area contributed by atoms with E-state index < -0.39 is 0 Å². The second-order valence-corrected chi connectivity index (χ2v) is 4.37. The Hall–Kier alpha value is -1.30. The van der Waals surface area contributed by atoms with Gasteiger partial charge < -0.3 is 10.5 Å². The predicted octanol–water partition coefficient (Wildman–Crippen LogP) is 1.58. The maximum atomic E-state index is 11.2. The first-order chi connectivity index (χ1) is 8.08. The van der Waals surface area contributed by atoms with Crippen LogP contribution in [0.4, 0.5) is 5.82 Å². The zero-order valence-corrected chi connectivity index (χ0v) is 11.1. The molecule has 5 nitrogen and oxygen atoms in total. The Morgan fingerprint density at radius 1 is 1.41 bits per heavy atom. The van der Waals surface area contributed by atoms with Gasteiger partial charge in [-0.2, -0.15) is 0 Å². The number of nitrogen functional groups attached to an aromatic ring is 1. The molecule has 1 rings (SSSR count). The number of rotatable bonds is 5. The number of nitrogens with two attached hydrogens (primary N) is 1. The zero-order valence-electron chi connectivity index (χ0n) is 10.3. The molecule has 0 atom stereocenters. The van der Waals surface area contributed by atoms with E-state index in [1.54, 1.807) is 6.92 Å². The summed E-state index contributed by atoms with van der Waals surface area (Å²) in [6.07, 6.45) is 0.720. The van der Waals surface area contributed by atoms with Gasteiger partial charge in [-0.05, 0) is 13.8 Å². The van der Waals surface area contributed by atoms with E-state index in [1.165, 1.54) is 11.8 Å². The largest absolute Gasteiger partial charge is 0.465 e. The first-order valence-corrected chi connectivity index (χ1v) is 6.48. The average Bonchev–Trinajstić information content (AvgIpc) is 2.31. The molecule has 0 unspecified atom stereocenters. The van der Waals surface area contributed by atoms with Crippen LogP contribution in [0.15, 0.2) is 5.03 Å². The lowest BCUT2D eigenvalue weighted by atomic mass is 10.3. The molecular formula is C11H17N3O2S. The van der Waals surface area contributed by atoms with Crippen LogP contribution in [0, 0.1) is 6.92 Å². The molecule has 2 N–H and O–H groups in total. The average molecular weight is 255 g/mol. The second-order valence-electron chi connectivity index (χ2n) is 3.40. The van der Waals surface area contributed by atoms with Crippen molar-refractivity contribution in [2.24, 2.45) is 0 Å². The van der Waals surface area contributed by atoms with Crippen molar-refractivity contribution in [3.05, 3.63) is 11.4 Å². The maximum absolute atomic E-state index is 11.2. The summed E-state index contributed by atoms with van der Waals surface area (Å²) in [6.45, 7) is 5.99. The van der Waals surface area contributed by atoms with Gasteiger partial charge in [-0.1, -0.05) is 18.7 Å². The molecule has 0 saturated heterocycles. The lowest BCUT2D eigenvalue weighted by Crippen LogP contribution is -2.08. The van der Waals surface area contributed by atoms with Crippen LogP contribution in [0.1, 0.15) is 25.2 Å². The Labute approximate surface area is 105 Å². The Morgan fingerprint density at radius 3 is 2.71 bits per heavy atom. The number of aromatic nitrogens is 2. The first kappa shape index (κ1) is 13.8. The van der Waals surface area contributed by atoms with Gasteiger partial charge in [0.1, 0.15) is 16.7 Å². The number of nitrogens with zero attached hydrogens (tertiary/aromatic N) is 2. The second kappa shape index (κ2) is 6.44. The summed E-state index contributed by atoms with van der Waals surface area (Å²) in [5.41, 5.74) is 6.60. The predicted molar refractivity (Wildman–Crippen MR) is 67.9 cm³/mol. The molecular weight excluding hydrogens is 238 g/mol. The van der Waals surface area contributed by atoms with Gasteiger partial charge in [0.2, 0.25) is 0 Å². The quantitative estimate of drug-likeness (QED) is 0.489. The van der Waals surface area contributed by atoms with Gasteiger partial charge in [-0.15, -0.1) is 0 Å². The van der Waals surface area contributed by atoms with Gasteiger partial charge in [-0.3, -0.25) is 4.79 Å². The Morgan fingerprint density at radius 2 is 2.12 bits per heavy atom. The number of aryl methyl sites for hydroxylation is 1. The van der Waals surface area contributed by atoms with Gasteiger partial charge >= 0.3 is 5.97 Å². The highest BCUT2D eigenvalue weighted by Crippen LogP contribution is 2.23. The highest BCUT2D eigenvalue weighted by atomic mass is 32.2. The fourth-order valence-electron chi connectivity index (χ4n) is 1.19. The van der Waals surface area contributed by atoms with E-state index in [9.17, 15) is 4.79 Å². The summed E-state index contributed by atoms with van der Waals surface area (Å²) in [6, 6.07) is 0. The van der Waals surface area contributed by atoms with Gasteiger partial charge in [0.15, 0.2) is 0 Å². The highest BCUT2D eigenvalue weighted by molar-refractivity contribution is 7.99. The summed E-state index contributed by atoms with van der Waals surface area (Å²) >= 11 is 1.33. The van der Waals surface area contributed by atoms with Crippen molar-refractivity contribution in [2.45, 2.75) is 32.2 Å². The summed E-state index contributed by atoms with van der Waals surface area (Å²) in [5, 5.41) is 0.752. The minimum Gasteiger partial charge on any atom is -0.465 e. The molecule has 0 fully saturated rings. The third-order valence-electron chi connectivity index (χ3n) is 2.13. The van der Waals surface area contributed by atoms with Crippen molar-refractivity contribution >= 4 is 23.5 Å². The maximum Gasteiger partial charge on any atom is 0.316 e. The van der Waals surface area contributed by atoms with Gasteiger partial charge in [0.25, 0.3) is 0 Å². The van der Waals surface area contributed by atoms with E-state index in [2.05, 4.69) is 9.97 Å². The van der Waals surface area contributed by atoms with Crippen LogP contribution in [-0.4, -0.2) is 28.3 Å². The summed E-state index contributed by atoms with van der Waals surface area (Å²) < 4.78 is 4.86. The van der Waals surface area contributed by atoms with Crippen molar-refractivity contribution in [3.63, 3.8) is 0 Å². The van der Waals surface area contributed by atoms with E-state index >= 15 is 0 Å². The third kappa shape index (κ3) is 3.89. The number of hydrogen-bond donors (Lipinski definition) is 1. The molecule has 0 aliphatic heterocycles. The molecule has 0 saturated carbocycles. The minimum absolute atomic E-state index is 0.243. The van der Waals surface area contributed by atoms with E-state index in [1.807, 2.05) is 13.8 Å². The molecule has 1 heterocycles. The molecule has 0 amide bonds. The number of esters is 1. The van der Waals surface area contributed by atoms with Crippen molar-refractivity contribution < 1.29 is 9.53 Å². The summed E-state index contributed by atoms with van der Waals surface area (Å²) in [7, 11) is 0. The number of carbonyl (C=O) groups is 1. The van der Waals surface area contributed by atoms with Gasteiger partial charge in [0, 0.05) is 12.0 Å². The number of thioether (sulfide) groups is 1. The van der Waals surface area contributed by atoms with E-state index in [-0.39, 0.29) is 11.7 Å². The van der Waals surface area contributed by atoms with Crippen LogP contribution in [0.5, 0.6) is 0 Å². The normalized spacial score (nSPS) is 10.3. The Kier molecular flexibility index (Phi) is 5.21. The number of ether oxygens (including phenoxy) is 1. The number of hydrogen-bond acceptors (Lipinski definition) is 6. The topological polar surface area (TPSA) is 78.1 Å². The van der Waals surface area contributed by atoms with Gasteiger partial charge in [-0.25, -0.2) is 9.97 Å². The van der Waals surface area contributed by atoms with Gasteiger partial charge in [0.05, 0.1) is 12.4 Å². The molecule has 0 aromatic carbocycles. The minimum atomic E-state index is -0.243. The molecule has 17 heavy (non-hydrogen) atoms. The molecule has 0 aliphatic rings. The molecule has 0 spiro atoms. The summed E-state index contributed by atoms with van der Waals surface area (Å²) in [5.74, 6) is 1.17. The molecule has 1 aromatic rings. The Bertz CT molecular complexity index is 410. The third-order valence-corrected chi connectivity index (χ3v) is 3.18. The highest BCUT2D eigenvalue weighted by Gasteiger charge is 2.11. The molecule has 1 aromatic heterocycles. The van der Waals surface area contributed by atoms with Crippen molar-refractivity contribution in [1.29, 1.82) is 0 Å². The van der Waals surface area contributed by atoms with E-state index in [4.69, 9.17) is 10.5 Å². The molecule has 94 valence electrons. The lowest BCUT2D eigenvalue weighted by Gasteiger charge is -2.08. The molecule has 6 heteroatoms. The Balaban J connectivity index is 2.76. The van der Waals surface area contributed by atoms with Crippen molar-refractivity contribution in [1.82, 2.24) is 9.97 Å². The molecule has 0 radical (unpaired) electrons.